The van der Waals surface area contributed by atoms with Gasteiger partial charge >= 0.3 is 0 Å². The molecule has 0 spiro atoms. The summed E-state index contributed by atoms with van der Waals surface area (Å²) in [7, 11) is 0. The van der Waals surface area contributed by atoms with Crippen molar-refractivity contribution in [2.24, 2.45) is 5.92 Å². The topological polar surface area (TPSA) is 42.4 Å². The number of aliphatic hydroxyl groups excluding tert-OH is 1. The van der Waals surface area contributed by atoms with Gasteiger partial charge in [0.2, 0.25) is 0 Å². The summed E-state index contributed by atoms with van der Waals surface area (Å²) in [6, 6.07) is 7.95. The number of thiophene rings is 1. The van der Waals surface area contributed by atoms with E-state index in [-0.39, 0.29) is 0 Å². The van der Waals surface area contributed by atoms with Crippen molar-refractivity contribution in [1.82, 2.24) is 4.98 Å². The Hall–Kier alpha value is -1.62. The first kappa shape index (κ1) is 18.7. The lowest BCUT2D eigenvalue weighted by Gasteiger charge is -2.26. The van der Waals surface area contributed by atoms with E-state index in [2.05, 4.69) is 4.98 Å². The number of aryl methyl sites for hydroxylation is 1. The third-order valence-corrected chi connectivity index (χ3v) is 6.84. The predicted molar refractivity (Wildman–Crippen MR) is 113 cm³/mol. The van der Waals surface area contributed by atoms with Gasteiger partial charge in [0.15, 0.2) is 0 Å². The highest BCUT2D eigenvalue weighted by Crippen LogP contribution is 2.43. The molecule has 4 rings (SSSR count). The molecule has 1 aromatic carbocycles. The third kappa shape index (κ3) is 3.71. The Balaban J connectivity index is 1.80. The number of pyridine rings is 1. The lowest BCUT2D eigenvalue weighted by Crippen LogP contribution is -2.19. The zero-order valence-electron chi connectivity index (χ0n) is 15.7. The van der Waals surface area contributed by atoms with E-state index in [0.29, 0.717) is 17.4 Å². The molecule has 2 aromatic heterocycles. The molecule has 1 aliphatic carbocycles. The highest BCUT2D eigenvalue weighted by Gasteiger charge is 2.21. The number of benzene rings is 1. The lowest BCUT2D eigenvalue weighted by atomic mass is 9.86. The van der Waals surface area contributed by atoms with Crippen molar-refractivity contribution in [2.75, 3.05) is 6.61 Å². The van der Waals surface area contributed by atoms with Crippen molar-refractivity contribution in [3.05, 3.63) is 45.9 Å². The monoisotopic (exact) mass is 401 g/mol. The number of aliphatic hydroxyl groups is 1. The number of hydrogen-bond acceptors (Lipinski definition) is 4. The molecular weight excluding hydrogens is 378 g/mol. The van der Waals surface area contributed by atoms with Crippen LogP contribution in [0.4, 0.5) is 0 Å². The van der Waals surface area contributed by atoms with Gasteiger partial charge in [-0.1, -0.05) is 24.9 Å². The van der Waals surface area contributed by atoms with Gasteiger partial charge in [-0.25, -0.2) is 0 Å². The molecule has 3 aromatic rings. The molecular formula is C22H24ClNO2S. The Labute approximate surface area is 169 Å². The molecule has 0 aliphatic heterocycles. The summed E-state index contributed by atoms with van der Waals surface area (Å²) in [4.78, 5) is 5.45. The fraction of sp³-hybridized carbons (Fsp3) is 0.409. The van der Waals surface area contributed by atoms with Crippen LogP contribution in [0.15, 0.2) is 30.5 Å². The summed E-state index contributed by atoms with van der Waals surface area (Å²) < 4.78 is 7.35. The minimum Gasteiger partial charge on any atom is -0.492 e. The van der Waals surface area contributed by atoms with E-state index in [1.807, 2.05) is 44.3 Å². The molecule has 2 heterocycles. The Morgan fingerprint density at radius 1 is 1.30 bits per heavy atom. The Morgan fingerprint density at radius 2 is 2.11 bits per heavy atom. The van der Waals surface area contributed by atoms with Gasteiger partial charge in [-0.3, -0.25) is 4.98 Å². The molecule has 0 saturated heterocycles. The smallest absolute Gasteiger partial charge is 0.130 e. The SMILES string of the molecule is CCC(O)c1cc2nccc(-c3cc(Cl)cc(C)c3OCC3CCC3)c2s1. The highest BCUT2D eigenvalue weighted by atomic mass is 35.5. The highest BCUT2D eigenvalue weighted by molar-refractivity contribution is 7.19. The van der Waals surface area contributed by atoms with Gasteiger partial charge in [0.25, 0.3) is 0 Å². The van der Waals surface area contributed by atoms with Gasteiger partial charge in [0.1, 0.15) is 5.75 Å². The largest absolute Gasteiger partial charge is 0.492 e. The van der Waals surface area contributed by atoms with Crippen molar-refractivity contribution in [3.63, 3.8) is 0 Å². The molecule has 27 heavy (non-hydrogen) atoms. The van der Waals surface area contributed by atoms with E-state index in [1.54, 1.807) is 11.3 Å². The number of halogens is 1. The fourth-order valence-corrected chi connectivity index (χ4v) is 5.00. The van der Waals surface area contributed by atoms with Crippen molar-refractivity contribution in [3.8, 4) is 16.9 Å². The molecule has 1 atom stereocenters. The van der Waals surface area contributed by atoms with Gasteiger partial charge in [-0.15, -0.1) is 11.3 Å². The number of ether oxygens (including phenoxy) is 1. The van der Waals surface area contributed by atoms with Crippen molar-refractivity contribution >= 4 is 33.2 Å². The molecule has 1 aliphatic rings. The van der Waals surface area contributed by atoms with E-state index in [0.717, 1.165) is 44.1 Å². The van der Waals surface area contributed by atoms with Crippen LogP contribution in [-0.2, 0) is 0 Å². The molecule has 0 amide bonds. The zero-order chi connectivity index (χ0) is 19.0. The summed E-state index contributed by atoms with van der Waals surface area (Å²) in [5.74, 6) is 1.57. The molecule has 0 bridgehead atoms. The summed E-state index contributed by atoms with van der Waals surface area (Å²) in [6.07, 6.45) is 5.87. The first-order valence-corrected chi connectivity index (χ1v) is 10.8. The number of nitrogens with zero attached hydrogens (tertiary/aromatic N) is 1. The van der Waals surface area contributed by atoms with Crippen molar-refractivity contribution in [2.45, 2.75) is 45.6 Å². The molecule has 1 fully saturated rings. The van der Waals surface area contributed by atoms with Gasteiger partial charge in [-0.05, 0) is 61.9 Å². The average molecular weight is 402 g/mol. The summed E-state index contributed by atoms with van der Waals surface area (Å²) in [6.45, 7) is 4.79. The van der Waals surface area contributed by atoms with Crippen LogP contribution in [0.2, 0.25) is 5.02 Å². The molecule has 3 nitrogen and oxygen atoms in total. The lowest BCUT2D eigenvalue weighted by molar-refractivity contribution is 0.177. The Kier molecular flexibility index (Phi) is 5.40. The van der Waals surface area contributed by atoms with Crippen LogP contribution in [0.1, 0.15) is 49.2 Å². The number of aromatic nitrogens is 1. The number of hydrogen-bond donors (Lipinski definition) is 1. The molecule has 142 valence electrons. The van der Waals surface area contributed by atoms with Gasteiger partial charge in [0.05, 0.1) is 22.9 Å². The first-order valence-electron chi connectivity index (χ1n) is 9.56. The van der Waals surface area contributed by atoms with Crippen LogP contribution in [-0.4, -0.2) is 16.7 Å². The second kappa shape index (κ2) is 7.78. The Bertz CT molecular complexity index is 964. The minimum atomic E-state index is -0.451. The summed E-state index contributed by atoms with van der Waals surface area (Å²) in [5, 5.41) is 11.0. The molecule has 1 unspecified atom stereocenters. The van der Waals surface area contributed by atoms with Crippen molar-refractivity contribution < 1.29 is 9.84 Å². The number of fused-ring (bicyclic) bond motifs is 1. The normalized spacial score (nSPS) is 15.7. The van der Waals surface area contributed by atoms with E-state index in [1.165, 1.54) is 19.3 Å². The summed E-state index contributed by atoms with van der Waals surface area (Å²) in [5.41, 5.74) is 4.02. The van der Waals surface area contributed by atoms with Crippen LogP contribution in [0, 0.1) is 12.8 Å². The molecule has 0 radical (unpaired) electrons. The van der Waals surface area contributed by atoms with E-state index in [4.69, 9.17) is 16.3 Å². The summed E-state index contributed by atoms with van der Waals surface area (Å²) >= 11 is 8.00. The van der Waals surface area contributed by atoms with Crippen LogP contribution in [0.25, 0.3) is 21.3 Å². The van der Waals surface area contributed by atoms with Crippen LogP contribution in [0.5, 0.6) is 5.75 Å². The second-order valence-corrected chi connectivity index (χ2v) is 8.87. The third-order valence-electron chi connectivity index (χ3n) is 5.36. The maximum atomic E-state index is 10.3. The minimum absolute atomic E-state index is 0.451. The van der Waals surface area contributed by atoms with Gasteiger partial charge < -0.3 is 9.84 Å². The van der Waals surface area contributed by atoms with Crippen LogP contribution in [0.3, 0.4) is 0 Å². The molecule has 5 heteroatoms. The van der Waals surface area contributed by atoms with Gasteiger partial charge in [0, 0.05) is 27.2 Å². The quantitative estimate of drug-likeness (QED) is 0.509. The maximum Gasteiger partial charge on any atom is 0.130 e. The second-order valence-electron chi connectivity index (χ2n) is 7.35. The van der Waals surface area contributed by atoms with E-state index < -0.39 is 6.10 Å². The van der Waals surface area contributed by atoms with E-state index in [9.17, 15) is 5.11 Å². The molecule has 1 saturated carbocycles. The number of rotatable bonds is 6. The molecule has 1 N–H and O–H groups in total. The Morgan fingerprint density at radius 3 is 2.81 bits per heavy atom. The first-order chi connectivity index (χ1) is 13.1. The van der Waals surface area contributed by atoms with Crippen LogP contribution >= 0.6 is 22.9 Å². The maximum absolute atomic E-state index is 10.3. The fourth-order valence-electron chi connectivity index (χ4n) is 3.52. The average Bonchev–Trinajstić information content (AvgIpc) is 3.05. The van der Waals surface area contributed by atoms with Gasteiger partial charge in [-0.2, -0.15) is 0 Å². The van der Waals surface area contributed by atoms with Crippen molar-refractivity contribution in [1.29, 1.82) is 0 Å². The van der Waals surface area contributed by atoms with E-state index >= 15 is 0 Å². The van der Waals surface area contributed by atoms with Crippen LogP contribution < -0.4 is 4.74 Å². The predicted octanol–water partition coefficient (Wildman–Crippen LogP) is 6.55. The standard InChI is InChI=1S/C22H24ClNO2S/c1-3-19(25)20-11-18-22(27-20)16(7-8-24-18)17-10-15(23)9-13(2)21(17)26-12-14-5-4-6-14/h7-11,14,19,25H,3-6,12H2,1-2H3. The zero-order valence-corrected chi connectivity index (χ0v) is 17.2.